The van der Waals surface area contributed by atoms with Crippen molar-refractivity contribution in [1.29, 1.82) is 0 Å². The lowest BCUT2D eigenvalue weighted by Gasteiger charge is -2.56. The molecule has 4 unspecified atom stereocenters. The fraction of sp³-hybridized carbons (Fsp3) is 0.373. The topological polar surface area (TPSA) is 229 Å². The molecule has 4 atom stereocenters. The van der Waals surface area contributed by atoms with E-state index in [2.05, 4.69) is 35.4 Å². The number of carboxylic acids is 2. The molecule has 2 aromatic heterocycles. The maximum atomic E-state index is 14.4. The van der Waals surface area contributed by atoms with Gasteiger partial charge < -0.3 is 29.6 Å². The van der Waals surface area contributed by atoms with E-state index < -0.39 is 40.5 Å². The van der Waals surface area contributed by atoms with E-state index in [-0.39, 0.29) is 75.4 Å². The summed E-state index contributed by atoms with van der Waals surface area (Å²) in [7, 11) is -3.77. The van der Waals surface area contributed by atoms with Crippen LogP contribution < -0.4 is 25.2 Å². The predicted octanol–water partition coefficient (Wildman–Crippen LogP) is 8.10. The highest BCUT2D eigenvalue weighted by Gasteiger charge is 2.53. The van der Waals surface area contributed by atoms with E-state index in [1.54, 1.807) is 39.5 Å². The van der Waals surface area contributed by atoms with E-state index in [0.717, 1.165) is 52.6 Å². The van der Waals surface area contributed by atoms with Gasteiger partial charge in [-0.05, 0) is 108 Å². The second-order valence-corrected chi connectivity index (χ2v) is 23.2. The molecular weight excluding hydrogens is 972 g/mol. The molecule has 4 aromatic carbocycles. The first-order chi connectivity index (χ1) is 33.9. The number of nitrogens with one attached hydrogen (secondary N) is 2. The Kier molecular flexibility index (Phi) is 11.6. The SMILES string of the molecule is CC1(C)CC2CN(S(=O)(=O)Cc3ccc4oc(N5CCC(c6ccc7c8c(cccc68)C(=O)N7C6CCC(=O)NC6=O)CC5)nc4c3)C1CC2Nc1cccc(-c2sc(C(=O)O)c(OCC(=O)O)c2Cl)c1. The molecule has 0 radical (unpaired) electrons. The molecule has 20 heteroatoms. The first-order valence-electron chi connectivity index (χ1n) is 23.6. The second kappa shape index (κ2) is 17.6. The molecule has 4 N–H and O–H groups in total. The highest BCUT2D eigenvalue weighted by molar-refractivity contribution is 7.88. The monoisotopic (exact) mass is 1020 g/mol. The average Bonchev–Trinajstić information content (AvgIpc) is 4.00. The molecule has 5 fully saturated rings. The maximum Gasteiger partial charge on any atom is 0.349 e. The number of anilines is 3. The van der Waals surface area contributed by atoms with Crippen LogP contribution in [0, 0.1) is 11.3 Å². The number of amides is 3. The van der Waals surface area contributed by atoms with E-state index >= 15 is 0 Å². The number of benzene rings is 4. The third-order valence-corrected chi connectivity index (χ3v) is 18.5. The summed E-state index contributed by atoms with van der Waals surface area (Å²) in [5, 5.41) is 26.7. The van der Waals surface area contributed by atoms with Crippen LogP contribution in [0.1, 0.15) is 89.4 Å². The first kappa shape index (κ1) is 46.8. The summed E-state index contributed by atoms with van der Waals surface area (Å²) in [6.07, 6.45) is 3.44. The van der Waals surface area contributed by atoms with Crippen LogP contribution in [-0.2, 0) is 30.2 Å². The van der Waals surface area contributed by atoms with Crippen molar-refractivity contribution in [3.8, 4) is 16.2 Å². The number of hydrogen-bond donors (Lipinski definition) is 4. The lowest BCUT2D eigenvalue weighted by molar-refractivity contribution is -0.139. The fourth-order valence-corrected chi connectivity index (χ4v) is 15.0. The van der Waals surface area contributed by atoms with Crippen molar-refractivity contribution in [3.63, 3.8) is 0 Å². The van der Waals surface area contributed by atoms with Crippen molar-refractivity contribution in [2.45, 2.75) is 82.2 Å². The van der Waals surface area contributed by atoms with Gasteiger partial charge in [0.15, 0.2) is 22.8 Å². The minimum atomic E-state index is -3.77. The van der Waals surface area contributed by atoms with Gasteiger partial charge in [-0.15, -0.1) is 11.3 Å². The van der Waals surface area contributed by atoms with Crippen molar-refractivity contribution in [2.75, 3.05) is 41.4 Å². The zero-order valence-electron chi connectivity index (χ0n) is 38.6. The van der Waals surface area contributed by atoms with Gasteiger partial charge in [-0.3, -0.25) is 24.6 Å². The Morgan fingerprint density at radius 2 is 1.80 bits per heavy atom. The van der Waals surface area contributed by atoms with Crippen LogP contribution in [0.2, 0.25) is 5.02 Å². The van der Waals surface area contributed by atoms with Gasteiger partial charge in [-0.2, -0.15) is 9.29 Å². The summed E-state index contributed by atoms with van der Waals surface area (Å²) in [6, 6.07) is 21.8. The molecule has 71 heavy (non-hydrogen) atoms. The molecule has 0 spiro atoms. The number of carboxylic acid groups (broad SMARTS) is 2. The molecule has 7 heterocycles. The van der Waals surface area contributed by atoms with E-state index in [1.807, 2.05) is 36.4 Å². The number of rotatable bonds is 13. The Bertz CT molecular complexity index is 3350. The van der Waals surface area contributed by atoms with Gasteiger partial charge in [0, 0.05) is 54.8 Å². The fourth-order valence-electron chi connectivity index (χ4n) is 11.7. The van der Waals surface area contributed by atoms with Gasteiger partial charge in [0.1, 0.15) is 16.6 Å². The van der Waals surface area contributed by atoms with Gasteiger partial charge in [0.25, 0.3) is 11.9 Å². The zero-order valence-corrected chi connectivity index (χ0v) is 41.0. The Morgan fingerprint density at radius 1 is 1.01 bits per heavy atom. The van der Waals surface area contributed by atoms with E-state index in [1.165, 1.54) is 0 Å². The Labute approximate surface area is 416 Å². The molecule has 6 aromatic rings. The lowest BCUT2D eigenvalue weighted by Crippen LogP contribution is -2.64. The van der Waals surface area contributed by atoms with Gasteiger partial charge in [-0.25, -0.2) is 18.0 Å². The van der Waals surface area contributed by atoms with Crippen molar-refractivity contribution in [3.05, 3.63) is 99.4 Å². The van der Waals surface area contributed by atoms with Gasteiger partial charge in [0.05, 0.1) is 16.3 Å². The molecule has 2 bridgehead atoms. The largest absolute Gasteiger partial charge is 0.479 e. The van der Waals surface area contributed by atoms with Crippen LogP contribution >= 0.6 is 22.9 Å². The van der Waals surface area contributed by atoms with Crippen LogP contribution in [0.25, 0.3) is 32.3 Å². The molecule has 1 saturated carbocycles. The van der Waals surface area contributed by atoms with Crippen molar-refractivity contribution < 1.29 is 51.8 Å². The molecule has 4 saturated heterocycles. The van der Waals surface area contributed by atoms with Gasteiger partial charge >= 0.3 is 11.9 Å². The van der Waals surface area contributed by atoms with Gasteiger partial charge in [0.2, 0.25) is 21.8 Å². The van der Waals surface area contributed by atoms with E-state index in [0.29, 0.717) is 70.4 Å². The number of fused-ring (bicyclic) bond motifs is 4. The van der Waals surface area contributed by atoms with Crippen LogP contribution in [0.15, 0.2) is 77.2 Å². The van der Waals surface area contributed by atoms with Crippen LogP contribution in [0.5, 0.6) is 5.75 Å². The number of ether oxygens (including phenoxy) is 1. The lowest BCUT2D eigenvalue weighted by atomic mass is 9.63. The quantitative estimate of drug-likeness (QED) is 0.0802. The molecule has 1 aliphatic carbocycles. The molecular formula is C51H49ClN6O11S2. The van der Waals surface area contributed by atoms with E-state index in [4.69, 9.17) is 30.8 Å². The molecule has 6 aliphatic rings. The number of aromatic carboxylic acids is 1. The third kappa shape index (κ3) is 8.35. The molecule has 12 rings (SSSR count). The van der Waals surface area contributed by atoms with Gasteiger partial charge in [-0.1, -0.05) is 61.8 Å². The van der Waals surface area contributed by atoms with Crippen molar-refractivity contribution in [1.82, 2.24) is 14.6 Å². The number of carbonyl (C=O) groups is 5. The maximum absolute atomic E-state index is 14.4. The highest BCUT2D eigenvalue weighted by Crippen LogP contribution is 2.51. The number of nitrogens with zero attached hydrogens (tertiary/aromatic N) is 4. The van der Waals surface area contributed by atoms with Crippen molar-refractivity contribution >= 4 is 102 Å². The minimum Gasteiger partial charge on any atom is -0.479 e. The number of imide groups is 1. The summed E-state index contributed by atoms with van der Waals surface area (Å²) < 4.78 is 42.0. The predicted molar refractivity (Wildman–Crippen MR) is 267 cm³/mol. The van der Waals surface area contributed by atoms with Crippen LogP contribution in [0.4, 0.5) is 17.4 Å². The summed E-state index contributed by atoms with van der Waals surface area (Å²) in [4.78, 5) is 70.3. The Balaban J connectivity index is 0.750. The number of aromatic nitrogens is 1. The molecule has 3 amide bonds. The Hall–Kier alpha value is -6.54. The normalized spacial score (nSPS) is 22.4. The summed E-state index contributed by atoms with van der Waals surface area (Å²) in [5.41, 5.74) is 5.22. The summed E-state index contributed by atoms with van der Waals surface area (Å²) >= 11 is 7.48. The van der Waals surface area contributed by atoms with Crippen LogP contribution in [0.3, 0.4) is 0 Å². The van der Waals surface area contributed by atoms with E-state index in [9.17, 15) is 37.5 Å². The summed E-state index contributed by atoms with van der Waals surface area (Å²) in [6.45, 7) is 5.17. The average molecular weight is 1020 g/mol. The number of carbonyl (C=O) groups excluding carboxylic acids is 3. The molecule has 17 nitrogen and oxygen atoms in total. The number of halogens is 1. The number of sulfonamides is 1. The second-order valence-electron chi connectivity index (χ2n) is 19.9. The highest BCUT2D eigenvalue weighted by atomic mass is 35.5. The number of aliphatic carboxylic acids is 1. The minimum absolute atomic E-state index is 0.00509. The standard InChI is InChI=1S/C51H49ClN6O11S2/c1-51(2)22-29-23-57(39(51)21-34(29)53-30-6-3-5-28(20-30)45-43(52)44(68-24-41(60)61)46(70-45)49(64)65)71(66,67)25-26-9-13-38-35(19-26)54-50(69-38)56-17-15-27(16-18-56)31-10-11-36-42-32(31)7-4-8-33(42)48(63)58(36)37-12-14-40(59)55-47(37)62/h3-11,13,19-20,27,29,34,37,39,53H,12,14-18,21-25H2,1-2H3,(H,60,61)(H,64,65)(H,55,59,62). The van der Waals surface area contributed by atoms with Crippen LogP contribution in [-0.4, -0.2) is 102 Å². The zero-order chi connectivity index (χ0) is 49.7. The number of piperidine rings is 4. The molecule has 368 valence electrons. The van der Waals surface area contributed by atoms with Crippen molar-refractivity contribution in [2.24, 2.45) is 11.3 Å². The first-order valence-corrected chi connectivity index (χ1v) is 26.4. The summed E-state index contributed by atoms with van der Waals surface area (Å²) in [5.74, 6) is -3.77. The number of thiophene rings is 1. The molecule has 5 aliphatic heterocycles. The Morgan fingerprint density at radius 3 is 2.55 bits per heavy atom. The smallest absolute Gasteiger partial charge is 0.349 e. The number of hydrogen-bond acceptors (Lipinski definition) is 13. The number of oxazole rings is 1. The third-order valence-electron chi connectivity index (χ3n) is 15.0.